The number of rotatable bonds is 5. The Kier molecular flexibility index (Phi) is 3.69. The molecule has 0 fully saturated rings. The summed E-state index contributed by atoms with van der Waals surface area (Å²) in [4.78, 5) is 14.5. The summed E-state index contributed by atoms with van der Waals surface area (Å²) in [7, 11) is 0. The molecule has 0 unspecified atom stereocenters. The van der Waals surface area contributed by atoms with E-state index >= 15 is 0 Å². The number of aromatic nitrogens is 2. The zero-order valence-corrected chi connectivity index (χ0v) is 9.82. The normalized spacial score (nSPS) is 10.5. The number of nitrogens with two attached hydrogens (primary N) is 1. The van der Waals surface area contributed by atoms with Crippen LogP contribution < -0.4 is 5.73 Å². The van der Waals surface area contributed by atoms with Crippen LogP contribution in [-0.2, 0) is 13.0 Å². The summed E-state index contributed by atoms with van der Waals surface area (Å²) in [6.07, 6.45) is 4.26. The van der Waals surface area contributed by atoms with Gasteiger partial charge in [0.25, 0.3) is 5.69 Å². The third kappa shape index (κ3) is 2.72. The van der Waals surface area contributed by atoms with E-state index in [4.69, 9.17) is 5.73 Å². The molecule has 0 aliphatic heterocycles. The van der Waals surface area contributed by atoms with Gasteiger partial charge in [0.1, 0.15) is 5.82 Å². The second-order valence-electron chi connectivity index (χ2n) is 3.94. The number of nitro groups is 1. The van der Waals surface area contributed by atoms with E-state index in [1.165, 1.54) is 6.07 Å². The molecule has 0 saturated carbocycles. The summed E-state index contributed by atoms with van der Waals surface area (Å²) in [5.74, 6) is 0.893. The Morgan fingerprint density at radius 3 is 3.00 bits per heavy atom. The Labute approximate surface area is 104 Å². The minimum atomic E-state index is -0.391. The smallest absolute Gasteiger partial charge is 0.269 e. The SMILES string of the molecule is NCCc1nccn1Cc1cccc([N+](=O)[O-])c1. The quantitative estimate of drug-likeness (QED) is 0.637. The molecule has 2 N–H and O–H groups in total. The lowest BCUT2D eigenvalue weighted by atomic mass is 10.2. The zero-order valence-electron chi connectivity index (χ0n) is 9.82. The second kappa shape index (κ2) is 5.42. The molecule has 2 rings (SSSR count). The molecule has 6 nitrogen and oxygen atoms in total. The highest BCUT2D eigenvalue weighted by molar-refractivity contribution is 5.34. The van der Waals surface area contributed by atoms with Crippen molar-refractivity contribution in [3.8, 4) is 0 Å². The van der Waals surface area contributed by atoms with Gasteiger partial charge in [-0.25, -0.2) is 4.98 Å². The maximum absolute atomic E-state index is 10.7. The van der Waals surface area contributed by atoms with Gasteiger partial charge in [-0.3, -0.25) is 10.1 Å². The third-order valence-corrected chi connectivity index (χ3v) is 2.64. The van der Waals surface area contributed by atoms with Gasteiger partial charge < -0.3 is 10.3 Å². The van der Waals surface area contributed by atoms with Crippen molar-refractivity contribution in [3.63, 3.8) is 0 Å². The van der Waals surface area contributed by atoms with Crippen molar-refractivity contribution in [2.75, 3.05) is 6.54 Å². The molecule has 0 aliphatic rings. The van der Waals surface area contributed by atoms with Crippen molar-refractivity contribution in [1.82, 2.24) is 9.55 Å². The van der Waals surface area contributed by atoms with Crippen molar-refractivity contribution >= 4 is 5.69 Å². The monoisotopic (exact) mass is 246 g/mol. The van der Waals surface area contributed by atoms with E-state index in [1.807, 2.05) is 16.8 Å². The van der Waals surface area contributed by atoms with Crippen molar-refractivity contribution < 1.29 is 4.92 Å². The van der Waals surface area contributed by atoms with Crippen LogP contribution in [0, 0.1) is 10.1 Å². The number of non-ortho nitro benzene ring substituents is 1. The van der Waals surface area contributed by atoms with Gasteiger partial charge in [-0.05, 0) is 12.1 Å². The van der Waals surface area contributed by atoms with Crippen LogP contribution in [0.15, 0.2) is 36.7 Å². The molecular formula is C12H14N4O2. The molecule has 0 spiro atoms. The molecule has 1 aromatic carbocycles. The molecule has 1 aromatic heterocycles. The molecular weight excluding hydrogens is 232 g/mol. The molecule has 0 radical (unpaired) electrons. The lowest BCUT2D eigenvalue weighted by molar-refractivity contribution is -0.384. The number of hydrogen-bond donors (Lipinski definition) is 1. The number of nitro benzene ring substituents is 1. The van der Waals surface area contributed by atoms with Gasteiger partial charge in [-0.1, -0.05) is 12.1 Å². The molecule has 18 heavy (non-hydrogen) atoms. The molecule has 0 bridgehead atoms. The van der Waals surface area contributed by atoms with Crippen molar-refractivity contribution in [3.05, 3.63) is 58.2 Å². The molecule has 2 aromatic rings. The Morgan fingerprint density at radius 1 is 1.44 bits per heavy atom. The van der Waals surface area contributed by atoms with E-state index < -0.39 is 4.92 Å². The van der Waals surface area contributed by atoms with Gasteiger partial charge in [0.2, 0.25) is 0 Å². The molecule has 0 amide bonds. The van der Waals surface area contributed by atoms with E-state index in [9.17, 15) is 10.1 Å². The number of hydrogen-bond acceptors (Lipinski definition) is 4. The van der Waals surface area contributed by atoms with E-state index in [-0.39, 0.29) is 5.69 Å². The highest BCUT2D eigenvalue weighted by atomic mass is 16.6. The van der Waals surface area contributed by atoms with Crippen LogP contribution in [0.4, 0.5) is 5.69 Å². The Morgan fingerprint density at radius 2 is 2.28 bits per heavy atom. The molecule has 0 saturated heterocycles. The standard InChI is InChI=1S/C12H14N4O2/c13-5-4-12-14-6-7-15(12)9-10-2-1-3-11(8-10)16(17)18/h1-3,6-8H,4-5,9,13H2. The largest absolute Gasteiger partial charge is 0.330 e. The summed E-state index contributed by atoms with van der Waals surface area (Å²) in [5, 5.41) is 10.7. The first-order valence-electron chi connectivity index (χ1n) is 5.64. The van der Waals surface area contributed by atoms with E-state index in [2.05, 4.69) is 4.98 Å². The maximum Gasteiger partial charge on any atom is 0.269 e. The predicted octanol–water partition coefficient (Wildman–Crippen LogP) is 1.34. The predicted molar refractivity (Wildman–Crippen MR) is 67.2 cm³/mol. The van der Waals surface area contributed by atoms with Crippen LogP contribution in [0.5, 0.6) is 0 Å². The number of benzene rings is 1. The first kappa shape index (κ1) is 12.3. The highest BCUT2D eigenvalue weighted by Gasteiger charge is 2.07. The molecule has 0 atom stereocenters. The Hall–Kier alpha value is -2.21. The van der Waals surface area contributed by atoms with Gasteiger partial charge >= 0.3 is 0 Å². The summed E-state index contributed by atoms with van der Waals surface area (Å²) in [6, 6.07) is 6.61. The number of imidazole rings is 1. The third-order valence-electron chi connectivity index (χ3n) is 2.64. The Balaban J connectivity index is 2.20. The summed E-state index contributed by atoms with van der Waals surface area (Å²) in [5.41, 5.74) is 6.48. The first-order valence-corrected chi connectivity index (χ1v) is 5.64. The lowest BCUT2D eigenvalue weighted by Gasteiger charge is -2.07. The molecule has 6 heteroatoms. The van der Waals surface area contributed by atoms with E-state index in [0.29, 0.717) is 19.5 Å². The minimum absolute atomic E-state index is 0.105. The minimum Gasteiger partial charge on any atom is -0.330 e. The van der Waals surface area contributed by atoms with Crippen LogP contribution in [-0.4, -0.2) is 21.0 Å². The lowest BCUT2D eigenvalue weighted by Crippen LogP contribution is -2.10. The molecule has 94 valence electrons. The summed E-state index contributed by atoms with van der Waals surface area (Å²) in [6.45, 7) is 1.10. The van der Waals surface area contributed by atoms with Gasteiger partial charge in [-0.15, -0.1) is 0 Å². The summed E-state index contributed by atoms with van der Waals surface area (Å²) >= 11 is 0. The van der Waals surface area contributed by atoms with Gasteiger partial charge in [0, 0.05) is 37.5 Å². The van der Waals surface area contributed by atoms with Gasteiger partial charge in [0.05, 0.1) is 4.92 Å². The highest BCUT2D eigenvalue weighted by Crippen LogP contribution is 2.14. The first-order chi connectivity index (χ1) is 8.70. The number of nitrogens with zero attached hydrogens (tertiary/aromatic N) is 3. The van der Waals surface area contributed by atoms with Gasteiger partial charge in [0.15, 0.2) is 0 Å². The van der Waals surface area contributed by atoms with Crippen LogP contribution in [0.25, 0.3) is 0 Å². The fraction of sp³-hybridized carbons (Fsp3) is 0.250. The zero-order chi connectivity index (χ0) is 13.0. The fourth-order valence-corrected chi connectivity index (χ4v) is 1.81. The summed E-state index contributed by atoms with van der Waals surface area (Å²) < 4.78 is 1.95. The van der Waals surface area contributed by atoms with Crippen molar-refractivity contribution in [1.29, 1.82) is 0 Å². The van der Waals surface area contributed by atoms with Crippen LogP contribution in [0.1, 0.15) is 11.4 Å². The average Bonchev–Trinajstić information content (AvgIpc) is 2.77. The van der Waals surface area contributed by atoms with E-state index in [1.54, 1.807) is 18.3 Å². The second-order valence-corrected chi connectivity index (χ2v) is 3.94. The van der Waals surface area contributed by atoms with Crippen LogP contribution in [0.3, 0.4) is 0 Å². The molecule has 1 heterocycles. The molecule has 0 aliphatic carbocycles. The van der Waals surface area contributed by atoms with E-state index in [0.717, 1.165) is 11.4 Å². The maximum atomic E-state index is 10.7. The average molecular weight is 246 g/mol. The van der Waals surface area contributed by atoms with Crippen molar-refractivity contribution in [2.24, 2.45) is 5.73 Å². The van der Waals surface area contributed by atoms with Crippen LogP contribution >= 0.6 is 0 Å². The fourth-order valence-electron chi connectivity index (χ4n) is 1.81. The Bertz CT molecular complexity index is 551. The van der Waals surface area contributed by atoms with Crippen LogP contribution in [0.2, 0.25) is 0 Å². The van der Waals surface area contributed by atoms with Crippen molar-refractivity contribution in [2.45, 2.75) is 13.0 Å². The van der Waals surface area contributed by atoms with Gasteiger partial charge in [-0.2, -0.15) is 0 Å². The topological polar surface area (TPSA) is 87.0 Å².